The van der Waals surface area contributed by atoms with Crippen LogP contribution >= 0.6 is 0 Å². The lowest BCUT2D eigenvalue weighted by Gasteiger charge is -2.35. The van der Waals surface area contributed by atoms with Crippen LogP contribution in [0.3, 0.4) is 0 Å². The molecule has 3 heterocycles. The molecule has 2 aliphatic heterocycles. The summed E-state index contributed by atoms with van der Waals surface area (Å²) in [5, 5.41) is 12.1. The molecular weight excluding hydrogens is 348 g/mol. The van der Waals surface area contributed by atoms with Crippen LogP contribution in [0.4, 0.5) is 11.5 Å². The van der Waals surface area contributed by atoms with Crippen molar-refractivity contribution in [3.05, 3.63) is 17.8 Å². The van der Waals surface area contributed by atoms with E-state index in [-0.39, 0.29) is 11.5 Å². The standard InChI is InChI=1S/C19H28N4O4/c1-14(24)21-16-12-17(19(25)26)18(20-13-16)23-6-3-15(4-7-23)2-5-22-8-10-27-11-9-22/h12-13,15H,2-11H2,1H3,(H,21,24)(H,25,26). The number of morpholine rings is 1. The Bertz CT molecular complexity index is 668. The number of amides is 1. The number of nitrogens with one attached hydrogen (secondary N) is 1. The zero-order chi connectivity index (χ0) is 19.2. The second kappa shape index (κ2) is 9.14. The number of aromatic carboxylic acids is 1. The van der Waals surface area contributed by atoms with Crippen molar-refractivity contribution in [3.63, 3.8) is 0 Å². The molecule has 0 aliphatic carbocycles. The minimum absolute atomic E-state index is 0.132. The maximum Gasteiger partial charge on any atom is 0.339 e. The van der Waals surface area contributed by atoms with Gasteiger partial charge in [-0.3, -0.25) is 9.69 Å². The monoisotopic (exact) mass is 376 g/mol. The van der Waals surface area contributed by atoms with Crippen molar-refractivity contribution in [2.45, 2.75) is 26.2 Å². The van der Waals surface area contributed by atoms with Crippen LogP contribution in [0.15, 0.2) is 12.3 Å². The smallest absolute Gasteiger partial charge is 0.339 e. The van der Waals surface area contributed by atoms with Crippen LogP contribution in [0.1, 0.15) is 36.5 Å². The number of pyridine rings is 1. The molecule has 148 valence electrons. The number of aromatic nitrogens is 1. The van der Waals surface area contributed by atoms with Crippen LogP contribution in [-0.4, -0.2) is 72.8 Å². The first-order chi connectivity index (χ1) is 13.0. The number of piperidine rings is 1. The van der Waals surface area contributed by atoms with Gasteiger partial charge in [-0.2, -0.15) is 0 Å². The quantitative estimate of drug-likeness (QED) is 0.780. The van der Waals surface area contributed by atoms with E-state index in [1.807, 2.05) is 4.90 Å². The van der Waals surface area contributed by atoms with Crippen LogP contribution < -0.4 is 10.2 Å². The Morgan fingerprint density at radius 3 is 2.59 bits per heavy atom. The van der Waals surface area contributed by atoms with Crippen molar-refractivity contribution in [3.8, 4) is 0 Å². The molecule has 0 unspecified atom stereocenters. The molecule has 0 radical (unpaired) electrons. The Kier molecular flexibility index (Phi) is 6.63. The maximum absolute atomic E-state index is 11.6. The maximum atomic E-state index is 11.6. The Morgan fingerprint density at radius 1 is 1.26 bits per heavy atom. The Morgan fingerprint density at radius 2 is 1.96 bits per heavy atom. The van der Waals surface area contributed by atoms with E-state index in [1.54, 1.807) is 0 Å². The highest BCUT2D eigenvalue weighted by Gasteiger charge is 2.25. The van der Waals surface area contributed by atoms with Crippen molar-refractivity contribution in [1.82, 2.24) is 9.88 Å². The Hall–Kier alpha value is -2.19. The zero-order valence-corrected chi connectivity index (χ0v) is 15.8. The van der Waals surface area contributed by atoms with E-state index >= 15 is 0 Å². The van der Waals surface area contributed by atoms with Gasteiger partial charge in [0.15, 0.2) is 0 Å². The van der Waals surface area contributed by atoms with Gasteiger partial charge < -0.3 is 20.1 Å². The van der Waals surface area contributed by atoms with Crippen LogP contribution in [0.25, 0.3) is 0 Å². The van der Waals surface area contributed by atoms with Crippen molar-refractivity contribution < 1.29 is 19.4 Å². The highest BCUT2D eigenvalue weighted by molar-refractivity contribution is 5.96. The molecule has 27 heavy (non-hydrogen) atoms. The molecule has 2 fully saturated rings. The van der Waals surface area contributed by atoms with Gasteiger partial charge >= 0.3 is 5.97 Å². The fraction of sp³-hybridized carbons (Fsp3) is 0.632. The minimum Gasteiger partial charge on any atom is -0.478 e. The molecule has 1 amide bonds. The summed E-state index contributed by atoms with van der Waals surface area (Å²) in [6, 6.07) is 1.48. The molecule has 8 nitrogen and oxygen atoms in total. The molecule has 0 bridgehead atoms. The lowest BCUT2D eigenvalue weighted by molar-refractivity contribution is -0.114. The molecule has 2 N–H and O–H groups in total. The molecule has 2 saturated heterocycles. The number of rotatable bonds is 6. The zero-order valence-electron chi connectivity index (χ0n) is 15.8. The second-order valence-electron chi connectivity index (χ2n) is 7.25. The molecule has 8 heteroatoms. The van der Waals surface area contributed by atoms with Gasteiger partial charge in [0.05, 0.1) is 25.1 Å². The lowest BCUT2D eigenvalue weighted by Crippen LogP contribution is -2.39. The van der Waals surface area contributed by atoms with Crippen LogP contribution in [0.5, 0.6) is 0 Å². The third-order valence-corrected chi connectivity index (χ3v) is 5.29. The molecule has 3 rings (SSSR count). The van der Waals surface area contributed by atoms with E-state index in [2.05, 4.69) is 15.2 Å². The van der Waals surface area contributed by atoms with Gasteiger partial charge in [0.2, 0.25) is 5.91 Å². The molecule has 1 aromatic heterocycles. The molecular formula is C19H28N4O4. The number of nitrogens with zero attached hydrogens (tertiary/aromatic N) is 3. The molecule has 2 aliphatic rings. The lowest BCUT2D eigenvalue weighted by atomic mass is 9.93. The van der Waals surface area contributed by atoms with Crippen molar-refractivity contribution in [1.29, 1.82) is 0 Å². The SMILES string of the molecule is CC(=O)Nc1cnc(N2CCC(CCN3CCOCC3)CC2)c(C(=O)O)c1. The number of ether oxygens (including phenoxy) is 1. The summed E-state index contributed by atoms with van der Waals surface area (Å²) < 4.78 is 5.39. The first-order valence-corrected chi connectivity index (χ1v) is 9.59. The van der Waals surface area contributed by atoms with Gasteiger partial charge in [-0.05, 0) is 37.8 Å². The van der Waals surface area contributed by atoms with E-state index < -0.39 is 5.97 Å². The van der Waals surface area contributed by atoms with Crippen molar-refractivity contribution in [2.24, 2.45) is 5.92 Å². The second-order valence-corrected chi connectivity index (χ2v) is 7.25. The van der Waals surface area contributed by atoms with Crippen molar-refractivity contribution in [2.75, 3.05) is 56.2 Å². The summed E-state index contributed by atoms with van der Waals surface area (Å²) in [6.07, 6.45) is 4.78. The van der Waals surface area contributed by atoms with Crippen LogP contribution in [0.2, 0.25) is 0 Å². The minimum atomic E-state index is -1.03. The van der Waals surface area contributed by atoms with Crippen LogP contribution in [0, 0.1) is 5.92 Å². The number of carbonyl (C=O) groups excluding carboxylic acids is 1. The average Bonchev–Trinajstić information content (AvgIpc) is 2.67. The third kappa shape index (κ3) is 5.40. The van der Waals surface area contributed by atoms with E-state index in [4.69, 9.17) is 4.74 Å². The van der Waals surface area contributed by atoms with Gasteiger partial charge in [0.25, 0.3) is 0 Å². The number of carboxylic acid groups (broad SMARTS) is 1. The fourth-order valence-electron chi connectivity index (χ4n) is 3.76. The Labute approximate surface area is 159 Å². The molecule has 0 spiro atoms. The molecule has 0 saturated carbocycles. The summed E-state index contributed by atoms with van der Waals surface area (Å²) >= 11 is 0. The molecule has 0 atom stereocenters. The number of hydrogen-bond donors (Lipinski definition) is 2. The summed E-state index contributed by atoms with van der Waals surface area (Å²) in [4.78, 5) is 31.7. The van der Waals surface area contributed by atoms with Crippen LogP contribution in [-0.2, 0) is 9.53 Å². The summed E-state index contributed by atoms with van der Waals surface area (Å²) in [7, 11) is 0. The Balaban J connectivity index is 1.56. The van der Waals surface area contributed by atoms with E-state index in [0.717, 1.165) is 58.8 Å². The van der Waals surface area contributed by atoms with E-state index in [0.29, 0.717) is 17.4 Å². The summed E-state index contributed by atoms with van der Waals surface area (Å²) in [5.41, 5.74) is 0.539. The largest absolute Gasteiger partial charge is 0.478 e. The van der Waals surface area contributed by atoms with Gasteiger partial charge in [-0.15, -0.1) is 0 Å². The normalized spacial score (nSPS) is 19.1. The molecule has 0 aromatic carbocycles. The highest BCUT2D eigenvalue weighted by atomic mass is 16.5. The first-order valence-electron chi connectivity index (χ1n) is 9.59. The number of carboxylic acids is 1. The third-order valence-electron chi connectivity index (χ3n) is 5.29. The van der Waals surface area contributed by atoms with E-state index in [1.165, 1.54) is 25.6 Å². The van der Waals surface area contributed by atoms with Gasteiger partial charge in [0, 0.05) is 33.1 Å². The number of carbonyl (C=O) groups is 2. The molecule has 1 aromatic rings. The van der Waals surface area contributed by atoms with Gasteiger partial charge in [-0.25, -0.2) is 9.78 Å². The fourth-order valence-corrected chi connectivity index (χ4v) is 3.76. The average molecular weight is 376 g/mol. The van der Waals surface area contributed by atoms with Gasteiger partial charge in [-0.1, -0.05) is 0 Å². The summed E-state index contributed by atoms with van der Waals surface area (Å²) in [5.74, 6) is -0.125. The summed E-state index contributed by atoms with van der Waals surface area (Å²) in [6.45, 7) is 7.80. The van der Waals surface area contributed by atoms with Gasteiger partial charge in [0.1, 0.15) is 11.4 Å². The number of hydrogen-bond acceptors (Lipinski definition) is 6. The first kappa shape index (κ1) is 19.6. The number of anilines is 2. The van der Waals surface area contributed by atoms with Crippen molar-refractivity contribution >= 4 is 23.4 Å². The highest BCUT2D eigenvalue weighted by Crippen LogP contribution is 2.28. The predicted molar refractivity (Wildman–Crippen MR) is 102 cm³/mol. The predicted octanol–water partition coefficient (Wildman–Crippen LogP) is 1.68. The topological polar surface area (TPSA) is 95.0 Å². The van der Waals surface area contributed by atoms with E-state index in [9.17, 15) is 14.7 Å².